The summed E-state index contributed by atoms with van der Waals surface area (Å²) in [4.78, 5) is 7.44. The van der Waals surface area contributed by atoms with Crippen LogP contribution in [0.3, 0.4) is 0 Å². The molecule has 0 aromatic carbocycles. The van der Waals surface area contributed by atoms with E-state index < -0.39 is 5.60 Å². The van der Waals surface area contributed by atoms with Gasteiger partial charge in [-0.3, -0.25) is 0 Å². The number of piperidine rings is 1. The number of halogens is 1. The van der Waals surface area contributed by atoms with Gasteiger partial charge in [-0.2, -0.15) is 0 Å². The molecule has 1 aliphatic rings. The zero-order valence-electron chi connectivity index (χ0n) is 12.1. The van der Waals surface area contributed by atoms with E-state index in [-0.39, 0.29) is 24.0 Å². The molecule has 0 aliphatic carbocycles. The van der Waals surface area contributed by atoms with Gasteiger partial charge in [0.05, 0.1) is 6.54 Å². The summed E-state index contributed by atoms with van der Waals surface area (Å²) >= 11 is 1.54. The Hall–Kier alpha value is -0.340. The summed E-state index contributed by atoms with van der Waals surface area (Å²) in [7, 11) is 0. The standard InChI is InChI=1S/C14H23N3OS.HI/c1-11-5-3-7-17(9-11)13(15)16-10-14(2,18)12-6-4-8-19-12;/h4,6,8,11,18H,3,5,7,9-10H2,1-2H3,(H2,15,16);1H. The molecule has 6 heteroatoms. The van der Waals surface area contributed by atoms with Gasteiger partial charge in [0.15, 0.2) is 5.96 Å². The molecule has 4 nitrogen and oxygen atoms in total. The Kier molecular flexibility index (Phi) is 6.74. The lowest BCUT2D eigenvalue weighted by atomic mass is 10.0. The number of likely N-dealkylation sites (tertiary alicyclic amines) is 1. The van der Waals surface area contributed by atoms with Gasteiger partial charge in [0.25, 0.3) is 0 Å². The van der Waals surface area contributed by atoms with Crippen LogP contribution in [-0.4, -0.2) is 35.6 Å². The monoisotopic (exact) mass is 409 g/mol. The highest BCUT2D eigenvalue weighted by atomic mass is 127. The number of hydrogen-bond donors (Lipinski definition) is 2. The fourth-order valence-corrected chi connectivity index (χ4v) is 3.17. The van der Waals surface area contributed by atoms with Crippen LogP contribution < -0.4 is 5.73 Å². The third-order valence-electron chi connectivity index (χ3n) is 3.58. The quantitative estimate of drug-likeness (QED) is 0.459. The third kappa shape index (κ3) is 4.60. The Balaban J connectivity index is 0.00000200. The molecule has 2 atom stereocenters. The predicted molar refractivity (Wildman–Crippen MR) is 95.8 cm³/mol. The zero-order chi connectivity index (χ0) is 13.9. The summed E-state index contributed by atoms with van der Waals surface area (Å²) in [6.07, 6.45) is 2.43. The molecule has 3 N–H and O–H groups in total. The third-order valence-corrected chi connectivity index (χ3v) is 4.70. The van der Waals surface area contributed by atoms with Gasteiger partial charge >= 0.3 is 0 Å². The number of guanidine groups is 1. The predicted octanol–water partition coefficient (Wildman–Crippen LogP) is 2.62. The molecule has 1 saturated heterocycles. The van der Waals surface area contributed by atoms with Crippen molar-refractivity contribution in [2.75, 3.05) is 19.6 Å². The fourth-order valence-electron chi connectivity index (χ4n) is 2.40. The molecule has 2 unspecified atom stereocenters. The summed E-state index contributed by atoms with van der Waals surface area (Å²) in [6.45, 7) is 6.28. The number of hydrogen-bond acceptors (Lipinski definition) is 3. The second-order valence-electron chi connectivity index (χ2n) is 5.62. The Bertz CT molecular complexity index is 434. The van der Waals surface area contributed by atoms with Crippen LogP contribution in [0.25, 0.3) is 0 Å². The molecule has 0 spiro atoms. The first-order valence-electron chi connectivity index (χ1n) is 6.80. The van der Waals surface area contributed by atoms with Crippen molar-refractivity contribution in [1.29, 1.82) is 0 Å². The smallest absolute Gasteiger partial charge is 0.191 e. The van der Waals surface area contributed by atoms with Crippen LogP contribution in [0.1, 0.15) is 31.6 Å². The first-order chi connectivity index (χ1) is 8.99. The molecule has 0 radical (unpaired) electrons. The minimum absolute atomic E-state index is 0. The van der Waals surface area contributed by atoms with E-state index in [0.717, 1.165) is 18.0 Å². The highest BCUT2D eigenvalue weighted by molar-refractivity contribution is 14.0. The second-order valence-corrected chi connectivity index (χ2v) is 6.57. The van der Waals surface area contributed by atoms with Gasteiger partial charge in [0.1, 0.15) is 5.60 Å². The zero-order valence-corrected chi connectivity index (χ0v) is 15.2. The van der Waals surface area contributed by atoms with Crippen molar-refractivity contribution in [2.24, 2.45) is 16.6 Å². The second kappa shape index (κ2) is 7.61. The lowest BCUT2D eigenvalue weighted by Crippen LogP contribution is -2.44. The van der Waals surface area contributed by atoms with Crippen LogP contribution in [0.5, 0.6) is 0 Å². The number of aliphatic hydroxyl groups is 1. The Morgan fingerprint density at radius 1 is 1.65 bits per heavy atom. The molecule has 0 bridgehead atoms. The molecule has 1 fully saturated rings. The molecular formula is C14H24IN3OS. The van der Waals surface area contributed by atoms with E-state index in [0.29, 0.717) is 18.4 Å². The minimum Gasteiger partial charge on any atom is -0.383 e. The molecule has 2 rings (SSSR count). The van der Waals surface area contributed by atoms with Crippen molar-refractivity contribution < 1.29 is 5.11 Å². The molecule has 20 heavy (non-hydrogen) atoms. The van der Waals surface area contributed by atoms with E-state index in [1.165, 1.54) is 12.8 Å². The number of nitrogens with zero attached hydrogens (tertiary/aromatic N) is 2. The molecule has 2 heterocycles. The van der Waals surface area contributed by atoms with Gasteiger partial charge in [0, 0.05) is 18.0 Å². The highest BCUT2D eigenvalue weighted by Crippen LogP contribution is 2.25. The summed E-state index contributed by atoms with van der Waals surface area (Å²) in [6, 6.07) is 3.87. The van der Waals surface area contributed by atoms with Gasteiger partial charge in [-0.1, -0.05) is 13.0 Å². The number of aliphatic imine (C=N–C) groups is 1. The lowest BCUT2D eigenvalue weighted by Gasteiger charge is -2.32. The van der Waals surface area contributed by atoms with Gasteiger partial charge in [0.2, 0.25) is 0 Å². The molecule has 114 valence electrons. The topological polar surface area (TPSA) is 61.8 Å². The summed E-state index contributed by atoms with van der Waals surface area (Å²) in [5.41, 5.74) is 5.11. The van der Waals surface area contributed by atoms with E-state index in [1.54, 1.807) is 18.3 Å². The van der Waals surface area contributed by atoms with Crippen molar-refractivity contribution in [1.82, 2.24) is 4.90 Å². The molecule has 0 saturated carbocycles. The Morgan fingerprint density at radius 3 is 3.00 bits per heavy atom. The van der Waals surface area contributed by atoms with Gasteiger partial charge in [-0.05, 0) is 37.1 Å². The van der Waals surface area contributed by atoms with Gasteiger partial charge in [-0.15, -0.1) is 35.3 Å². The van der Waals surface area contributed by atoms with Crippen LogP contribution >= 0.6 is 35.3 Å². The fraction of sp³-hybridized carbons (Fsp3) is 0.643. The molecular weight excluding hydrogens is 385 g/mol. The van der Waals surface area contributed by atoms with Gasteiger partial charge in [-0.25, -0.2) is 4.99 Å². The molecule has 1 aliphatic heterocycles. The maximum Gasteiger partial charge on any atom is 0.191 e. The maximum absolute atomic E-state index is 10.4. The van der Waals surface area contributed by atoms with E-state index in [9.17, 15) is 5.11 Å². The van der Waals surface area contributed by atoms with Crippen molar-refractivity contribution >= 4 is 41.3 Å². The van der Waals surface area contributed by atoms with Crippen LogP contribution in [0.2, 0.25) is 0 Å². The van der Waals surface area contributed by atoms with Crippen LogP contribution in [0.4, 0.5) is 0 Å². The first kappa shape index (κ1) is 17.7. The molecule has 1 aromatic rings. The molecule has 0 amide bonds. The molecule has 1 aromatic heterocycles. The van der Waals surface area contributed by atoms with Gasteiger partial charge < -0.3 is 15.7 Å². The first-order valence-corrected chi connectivity index (χ1v) is 7.68. The summed E-state index contributed by atoms with van der Waals surface area (Å²) in [5, 5.41) is 12.4. The van der Waals surface area contributed by atoms with Crippen molar-refractivity contribution in [3.05, 3.63) is 22.4 Å². The van der Waals surface area contributed by atoms with Crippen LogP contribution in [-0.2, 0) is 5.60 Å². The van der Waals surface area contributed by atoms with E-state index in [2.05, 4.69) is 16.8 Å². The Morgan fingerprint density at radius 2 is 2.40 bits per heavy atom. The average molecular weight is 409 g/mol. The van der Waals surface area contributed by atoms with E-state index in [4.69, 9.17) is 5.73 Å². The van der Waals surface area contributed by atoms with E-state index >= 15 is 0 Å². The largest absolute Gasteiger partial charge is 0.383 e. The number of nitrogens with two attached hydrogens (primary N) is 1. The van der Waals surface area contributed by atoms with Crippen LogP contribution in [0.15, 0.2) is 22.5 Å². The lowest BCUT2D eigenvalue weighted by molar-refractivity contribution is 0.0708. The van der Waals surface area contributed by atoms with Crippen molar-refractivity contribution in [3.8, 4) is 0 Å². The number of rotatable bonds is 3. The Labute approximate surface area is 142 Å². The summed E-state index contributed by atoms with van der Waals surface area (Å²) < 4.78 is 0. The average Bonchev–Trinajstić information content (AvgIpc) is 2.90. The van der Waals surface area contributed by atoms with E-state index in [1.807, 2.05) is 17.5 Å². The summed E-state index contributed by atoms with van der Waals surface area (Å²) in [5.74, 6) is 1.23. The maximum atomic E-state index is 10.4. The van der Waals surface area contributed by atoms with Crippen molar-refractivity contribution in [3.63, 3.8) is 0 Å². The normalized spacial score (nSPS) is 23.1. The number of thiophene rings is 1. The SMILES string of the molecule is CC1CCCN(C(N)=NCC(C)(O)c2cccs2)C1.I. The van der Waals surface area contributed by atoms with Crippen molar-refractivity contribution in [2.45, 2.75) is 32.3 Å². The van der Waals surface area contributed by atoms with Crippen LogP contribution in [0, 0.1) is 5.92 Å². The highest BCUT2D eigenvalue weighted by Gasteiger charge is 2.25. The minimum atomic E-state index is -0.930.